The molecule has 3 rings (SSSR count). The third kappa shape index (κ3) is 4.10. The molecular weight excluding hydrogens is 374 g/mol. The van der Waals surface area contributed by atoms with E-state index in [4.69, 9.17) is 11.6 Å². The number of hydrogen-bond donors (Lipinski definition) is 2. The number of hydrogen-bond acceptors (Lipinski definition) is 6. The molecule has 0 radical (unpaired) electrons. The van der Waals surface area contributed by atoms with Crippen LogP contribution < -0.4 is 10.5 Å². The van der Waals surface area contributed by atoms with Gasteiger partial charge in [0.25, 0.3) is 11.6 Å². The number of nitrogens with one attached hydrogen (secondary N) is 2. The topological polar surface area (TPSA) is 136 Å². The summed E-state index contributed by atoms with van der Waals surface area (Å²) in [5.74, 6) is -1.44. The number of nitro benzene ring substituents is 1. The average molecular weight is 385 g/mol. The molecule has 27 heavy (non-hydrogen) atoms. The van der Waals surface area contributed by atoms with E-state index in [1.807, 2.05) is 30.3 Å². The van der Waals surface area contributed by atoms with Crippen molar-refractivity contribution < 1.29 is 14.8 Å². The maximum Gasteiger partial charge on any atom is 0.289 e. The molecule has 2 aromatic carbocycles. The van der Waals surface area contributed by atoms with E-state index >= 15 is 0 Å². The minimum atomic E-state index is -0.852. The van der Waals surface area contributed by atoms with Gasteiger partial charge in [-0.15, -0.1) is 0 Å². The van der Waals surface area contributed by atoms with E-state index in [0.29, 0.717) is 5.69 Å². The lowest BCUT2D eigenvalue weighted by Crippen LogP contribution is -2.18. The number of nitro groups is 1. The minimum absolute atomic E-state index is 0.00940. The smallest absolute Gasteiger partial charge is 0.289 e. The molecule has 0 unspecified atom stereocenters. The second kappa shape index (κ2) is 7.67. The standard InChI is InChI=1S/C17H12ClN5O4/c18-12-6-11(16(24)15(7-12)23(26)27)9-19-22-17(25)14-8-13(20-21-14)10-4-2-1-3-5-10/h1-9,24H,(H,20,21)(H,22,25)/p-1/b19-9-. The molecule has 10 heteroatoms. The Kier molecular flexibility index (Phi) is 5.13. The molecule has 0 saturated heterocycles. The molecule has 0 atom stereocenters. The van der Waals surface area contributed by atoms with E-state index in [2.05, 4.69) is 20.7 Å². The Balaban J connectivity index is 1.73. The highest BCUT2D eigenvalue weighted by Gasteiger charge is 2.12. The predicted octanol–water partition coefficient (Wildman–Crippen LogP) is 2.48. The first-order chi connectivity index (χ1) is 13.0. The summed E-state index contributed by atoms with van der Waals surface area (Å²) >= 11 is 5.76. The summed E-state index contributed by atoms with van der Waals surface area (Å²) in [7, 11) is 0. The fourth-order valence-corrected chi connectivity index (χ4v) is 2.47. The molecule has 2 N–H and O–H groups in total. The van der Waals surface area contributed by atoms with E-state index in [1.54, 1.807) is 6.07 Å². The predicted molar refractivity (Wildman–Crippen MR) is 96.6 cm³/mol. The molecular formula is C17H11ClN5O4-. The molecule has 0 saturated carbocycles. The van der Waals surface area contributed by atoms with Crippen LogP contribution in [0, 0.1) is 10.1 Å². The zero-order chi connectivity index (χ0) is 19.4. The van der Waals surface area contributed by atoms with E-state index in [0.717, 1.165) is 17.8 Å². The number of amides is 1. The second-order valence-corrected chi connectivity index (χ2v) is 5.77. The maximum atomic E-state index is 12.1. The molecule has 1 aromatic heterocycles. The molecule has 0 aliphatic rings. The van der Waals surface area contributed by atoms with Crippen molar-refractivity contribution in [1.29, 1.82) is 0 Å². The van der Waals surface area contributed by atoms with Gasteiger partial charge in [0.05, 0.1) is 16.8 Å². The van der Waals surface area contributed by atoms with E-state index in [9.17, 15) is 20.0 Å². The number of carbonyl (C=O) groups excluding carboxylic acids is 1. The van der Waals surface area contributed by atoms with Crippen LogP contribution in [-0.2, 0) is 0 Å². The summed E-state index contributed by atoms with van der Waals surface area (Å²) in [6.07, 6.45) is 0.994. The van der Waals surface area contributed by atoms with Gasteiger partial charge in [-0.1, -0.05) is 41.9 Å². The van der Waals surface area contributed by atoms with Crippen molar-refractivity contribution in [1.82, 2.24) is 15.6 Å². The summed E-state index contributed by atoms with van der Waals surface area (Å²) in [6.45, 7) is 0. The van der Waals surface area contributed by atoms with E-state index in [1.165, 1.54) is 6.07 Å². The highest BCUT2D eigenvalue weighted by Crippen LogP contribution is 2.29. The van der Waals surface area contributed by atoms with Crippen molar-refractivity contribution >= 4 is 29.4 Å². The van der Waals surface area contributed by atoms with Gasteiger partial charge in [-0.05, 0) is 23.4 Å². The van der Waals surface area contributed by atoms with Gasteiger partial charge in [-0.3, -0.25) is 20.0 Å². The van der Waals surface area contributed by atoms with Crippen molar-refractivity contribution in [2.45, 2.75) is 0 Å². The number of nitrogens with zero attached hydrogens (tertiary/aromatic N) is 3. The van der Waals surface area contributed by atoms with Crippen LogP contribution in [0.2, 0.25) is 5.02 Å². The lowest BCUT2D eigenvalue weighted by Gasteiger charge is -2.10. The van der Waals surface area contributed by atoms with Gasteiger partial charge in [0.1, 0.15) is 5.69 Å². The molecule has 3 aromatic rings. The fourth-order valence-electron chi connectivity index (χ4n) is 2.25. The van der Waals surface area contributed by atoms with Gasteiger partial charge in [-0.25, -0.2) is 5.43 Å². The fraction of sp³-hybridized carbons (Fsp3) is 0. The number of benzene rings is 2. The van der Waals surface area contributed by atoms with Crippen LogP contribution in [0.25, 0.3) is 11.3 Å². The maximum absolute atomic E-state index is 12.1. The van der Waals surface area contributed by atoms with Gasteiger partial charge in [-0.2, -0.15) is 10.2 Å². The molecule has 1 amide bonds. The van der Waals surface area contributed by atoms with Gasteiger partial charge in [0.15, 0.2) is 0 Å². The summed E-state index contributed by atoms with van der Waals surface area (Å²) in [5, 5.41) is 33.1. The Bertz CT molecular complexity index is 1030. The highest BCUT2D eigenvalue weighted by molar-refractivity contribution is 6.31. The number of carbonyl (C=O) groups is 1. The number of hydrazone groups is 1. The molecule has 0 spiro atoms. The van der Waals surface area contributed by atoms with Crippen molar-refractivity contribution in [3.05, 3.63) is 74.9 Å². The first-order valence-electron chi connectivity index (χ1n) is 7.55. The van der Waals surface area contributed by atoms with Crippen molar-refractivity contribution in [2.24, 2.45) is 5.10 Å². The summed E-state index contributed by atoms with van der Waals surface area (Å²) < 4.78 is 0. The first kappa shape index (κ1) is 18.1. The first-order valence-corrected chi connectivity index (χ1v) is 7.92. The lowest BCUT2D eigenvalue weighted by molar-refractivity contribution is -0.398. The normalized spacial score (nSPS) is 10.9. The Morgan fingerprint density at radius 1 is 1.26 bits per heavy atom. The zero-order valence-electron chi connectivity index (χ0n) is 13.5. The van der Waals surface area contributed by atoms with Crippen LogP contribution in [0.4, 0.5) is 5.69 Å². The van der Waals surface area contributed by atoms with Crippen LogP contribution in [0.15, 0.2) is 53.6 Å². The Morgan fingerprint density at radius 2 is 2.00 bits per heavy atom. The Hall–Kier alpha value is -3.72. The molecule has 9 nitrogen and oxygen atoms in total. The Labute approximate surface area is 157 Å². The van der Waals surface area contributed by atoms with Crippen LogP contribution in [-0.4, -0.2) is 27.2 Å². The monoisotopic (exact) mass is 384 g/mol. The van der Waals surface area contributed by atoms with Crippen LogP contribution in [0.5, 0.6) is 5.75 Å². The second-order valence-electron chi connectivity index (χ2n) is 5.33. The largest absolute Gasteiger partial charge is 0.867 e. The SMILES string of the molecule is O=C(N/N=C\c1cc(Cl)cc([N+](=O)[O-])c1[O-])c1cc(-c2ccccc2)n[nH]1. The van der Waals surface area contributed by atoms with Gasteiger partial charge in [0, 0.05) is 16.7 Å². The number of aromatic nitrogens is 2. The quantitative estimate of drug-likeness (QED) is 0.395. The summed E-state index contributed by atoms with van der Waals surface area (Å²) in [6, 6.07) is 13.0. The van der Waals surface area contributed by atoms with Gasteiger partial charge in [0.2, 0.25) is 0 Å². The van der Waals surface area contributed by atoms with Crippen molar-refractivity contribution in [2.75, 3.05) is 0 Å². The summed E-state index contributed by atoms with van der Waals surface area (Å²) in [5.41, 5.74) is 2.99. The van der Waals surface area contributed by atoms with Crippen molar-refractivity contribution in [3.63, 3.8) is 0 Å². The van der Waals surface area contributed by atoms with Crippen LogP contribution >= 0.6 is 11.6 Å². The molecule has 0 aliphatic heterocycles. The van der Waals surface area contributed by atoms with Gasteiger partial charge >= 0.3 is 0 Å². The third-order valence-electron chi connectivity index (χ3n) is 3.52. The van der Waals surface area contributed by atoms with Crippen molar-refractivity contribution in [3.8, 4) is 17.0 Å². The van der Waals surface area contributed by atoms with Crippen LogP contribution in [0.1, 0.15) is 16.1 Å². The molecule has 0 aliphatic carbocycles. The molecule has 1 heterocycles. The third-order valence-corrected chi connectivity index (χ3v) is 3.74. The van der Waals surface area contributed by atoms with E-state index < -0.39 is 22.3 Å². The molecule has 0 bridgehead atoms. The number of H-pyrrole nitrogens is 1. The highest BCUT2D eigenvalue weighted by atomic mass is 35.5. The van der Waals surface area contributed by atoms with Gasteiger partial charge < -0.3 is 5.11 Å². The lowest BCUT2D eigenvalue weighted by atomic mass is 10.1. The minimum Gasteiger partial charge on any atom is -0.867 e. The number of rotatable bonds is 5. The number of aromatic amines is 1. The molecule has 0 fully saturated rings. The summed E-state index contributed by atoms with van der Waals surface area (Å²) in [4.78, 5) is 22.1. The number of halogens is 1. The van der Waals surface area contributed by atoms with E-state index in [-0.39, 0.29) is 16.3 Å². The Morgan fingerprint density at radius 3 is 2.70 bits per heavy atom. The zero-order valence-corrected chi connectivity index (χ0v) is 14.3. The average Bonchev–Trinajstić information content (AvgIpc) is 3.15. The van der Waals surface area contributed by atoms with Crippen LogP contribution in [0.3, 0.4) is 0 Å². The molecule has 136 valence electrons.